The van der Waals surface area contributed by atoms with Crippen molar-refractivity contribution in [2.45, 2.75) is 38.3 Å². The molecule has 112 valence electrons. The lowest BCUT2D eigenvalue weighted by atomic mass is 9.99. The van der Waals surface area contributed by atoms with E-state index in [4.69, 9.17) is 14.0 Å². The molecule has 2 aromatic heterocycles. The zero-order valence-electron chi connectivity index (χ0n) is 11.7. The second-order valence-electron chi connectivity index (χ2n) is 5.38. The Morgan fingerprint density at radius 3 is 3.10 bits per heavy atom. The van der Waals surface area contributed by atoms with Crippen molar-refractivity contribution in [1.82, 2.24) is 10.1 Å². The van der Waals surface area contributed by atoms with E-state index in [2.05, 4.69) is 10.1 Å². The molecule has 0 radical (unpaired) electrons. The molecule has 0 saturated carbocycles. The summed E-state index contributed by atoms with van der Waals surface area (Å²) in [5.74, 6) is 0.500. The fourth-order valence-electron chi connectivity index (χ4n) is 2.83. The smallest absolute Gasteiger partial charge is 0.304 e. The van der Waals surface area contributed by atoms with Gasteiger partial charge < -0.3 is 14.0 Å². The van der Waals surface area contributed by atoms with E-state index >= 15 is 0 Å². The summed E-state index contributed by atoms with van der Waals surface area (Å²) in [5, 5.41) is 13.1. The number of carboxylic acid groups (broad SMARTS) is 1. The maximum atomic E-state index is 11.0. The predicted octanol–water partition coefficient (Wildman–Crippen LogP) is 2.76. The molecule has 1 aliphatic rings. The molecule has 0 aromatic carbocycles. The van der Waals surface area contributed by atoms with E-state index in [9.17, 15) is 4.79 Å². The topological polar surface area (TPSA) is 79.7 Å². The van der Waals surface area contributed by atoms with Crippen LogP contribution in [0, 0.1) is 0 Å². The quantitative estimate of drug-likeness (QED) is 0.912. The van der Waals surface area contributed by atoms with Gasteiger partial charge >= 0.3 is 5.97 Å². The molecule has 0 amide bonds. The molecule has 1 saturated heterocycles. The zero-order valence-corrected chi connectivity index (χ0v) is 11.7. The SMILES string of the molecule is O=C(O)CC1CCCCN1Cc1cc(-c2ccco2)on1. The molecule has 1 atom stereocenters. The summed E-state index contributed by atoms with van der Waals surface area (Å²) in [4.78, 5) is 13.1. The summed E-state index contributed by atoms with van der Waals surface area (Å²) in [5.41, 5.74) is 0.804. The van der Waals surface area contributed by atoms with Gasteiger partial charge in [0, 0.05) is 18.7 Å². The van der Waals surface area contributed by atoms with Crippen molar-refractivity contribution in [2.24, 2.45) is 0 Å². The number of nitrogens with zero attached hydrogens (tertiary/aromatic N) is 2. The maximum absolute atomic E-state index is 11.0. The lowest BCUT2D eigenvalue weighted by Crippen LogP contribution is -2.40. The number of carbonyl (C=O) groups is 1. The number of carboxylic acids is 1. The van der Waals surface area contributed by atoms with E-state index in [-0.39, 0.29) is 12.5 Å². The van der Waals surface area contributed by atoms with Gasteiger partial charge in [-0.2, -0.15) is 0 Å². The first-order valence-electron chi connectivity index (χ1n) is 7.17. The van der Waals surface area contributed by atoms with Gasteiger partial charge in [0.15, 0.2) is 5.76 Å². The number of hydrogen-bond donors (Lipinski definition) is 1. The summed E-state index contributed by atoms with van der Waals surface area (Å²) < 4.78 is 10.6. The molecular formula is C15H18N2O4. The molecule has 0 bridgehead atoms. The van der Waals surface area contributed by atoms with Gasteiger partial charge in [-0.25, -0.2) is 0 Å². The molecule has 0 aliphatic carbocycles. The first-order chi connectivity index (χ1) is 10.2. The van der Waals surface area contributed by atoms with Crippen LogP contribution < -0.4 is 0 Å². The second-order valence-corrected chi connectivity index (χ2v) is 5.38. The minimum atomic E-state index is -0.747. The van der Waals surface area contributed by atoms with Gasteiger partial charge in [-0.3, -0.25) is 9.69 Å². The third-order valence-electron chi connectivity index (χ3n) is 3.85. The highest BCUT2D eigenvalue weighted by atomic mass is 16.5. The largest absolute Gasteiger partial charge is 0.481 e. The van der Waals surface area contributed by atoms with Gasteiger partial charge in [0.1, 0.15) is 0 Å². The van der Waals surface area contributed by atoms with Gasteiger partial charge in [0.05, 0.1) is 18.4 Å². The Hall–Kier alpha value is -2.08. The van der Waals surface area contributed by atoms with Crippen molar-refractivity contribution in [2.75, 3.05) is 6.54 Å². The van der Waals surface area contributed by atoms with Gasteiger partial charge in [-0.05, 0) is 31.5 Å². The van der Waals surface area contributed by atoms with Crippen LogP contribution in [0.1, 0.15) is 31.4 Å². The lowest BCUT2D eigenvalue weighted by molar-refractivity contribution is -0.138. The molecule has 6 nitrogen and oxygen atoms in total. The Bertz CT molecular complexity index is 591. The first kappa shape index (κ1) is 13.9. The predicted molar refractivity (Wildman–Crippen MR) is 74.5 cm³/mol. The van der Waals surface area contributed by atoms with E-state index in [1.807, 2.05) is 12.1 Å². The van der Waals surface area contributed by atoms with E-state index in [1.54, 1.807) is 12.3 Å². The number of rotatable bonds is 5. The van der Waals surface area contributed by atoms with Crippen LogP contribution in [-0.4, -0.2) is 33.7 Å². The molecule has 1 fully saturated rings. The van der Waals surface area contributed by atoms with Crippen LogP contribution in [0.5, 0.6) is 0 Å². The standard InChI is InChI=1S/C15H18N2O4/c18-15(19)9-12-4-1-2-6-17(12)10-11-8-14(21-16-11)13-5-3-7-20-13/h3,5,7-8,12H,1-2,4,6,9-10H2,(H,18,19). The molecule has 6 heteroatoms. The Kier molecular flexibility index (Phi) is 4.06. The van der Waals surface area contributed by atoms with Crippen molar-refractivity contribution in [1.29, 1.82) is 0 Å². The van der Waals surface area contributed by atoms with Crippen LogP contribution in [0.4, 0.5) is 0 Å². The van der Waals surface area contributed by atoms with Crippen molar-refractivity contribution in [3.63, 3.8) is 0 Å². The minimum Gasteiger partial charge on any atom is -0.481 e. The van der Waals surface area contributed by atoms with Gasteiger partial charge in [0.25, 0.3) is 0 Å². The van der Waals surface area contributed by atoms with Crippen LogP contribution in [0.3, 0.4) is 0 Å². The number of aliphatic carboxylic acids is 1. The Morgan fingerprint density at radius 1 is 1.43 bits per heavy atom. The van der Waals surface area contributed by atoms with Crippen molar-refractivity contribution in [3.8, 4) is 11.5 Å². The molecule has 3 rings (SSSR count). The Morgan fingerprint density at radius 2 is 2.33 bits per heavy atom. The average molecular weight is 290 g/mol. The maximum Gasteiger partial charge on any atom is 0.304 e. The third kappa shape index (κ3) is 3.33. The first-order valence-corrected chi connectivity index (χ1v) is 7.17. The normalized spacial score (nSPS) is 19.7. The molecule has 1 unspecified atom stereocenters. The summed E-state index contributed by atoms with van der Waals surface area (Å²) in [6.45, 7) is 1.52. The van der Waals surface area contributed by atoms with Gasteiger partial charge in [-0.1, -0.05) is 11.6 Å². The van der Waals surface area contributed by atoms with E-state index < -0.39 is 5.97 Å². The number of hydrogen-bond acceptors (Lipinski definition) is 5. The second kappa shape index (κ2) is 6.13. The van der Waals surface area contributed by atoms with Crippen molar-refractivity contribution in [3.05, 3.63) is 30.2 Å². The monoisotopic (exact) mass is 290 g/mol. The van der Waals surface area contributed by atoms with E-state index in [0.717, 1.165) is 31.5 Å². The summed E-state index contributed by atoms with van der Waals surface area (Å²) in [6.07, 6.45) is 4.88. The highest BCUT2D eigenvalue weighted by Gasteiger charge is 2.25. The van der Waals surface area contributed by atoms with Crippen LogP contribution in [-0.2, 0) is 11.3 Å². The molecule has 1 aliphatic heterocycles. The van der Waals surface area contributed by atoms with Gasteiger partial charge in [0.2, 0.25) is 5.76 Å². The van der Waals surface area contributed by atoms with Crippen LogP contribution >= 0.6 is 0 Å². The summed E-state index contributed by atoms with van der Waals surface area (Å²) in [6, 6.07) is 5.55. The number of piperidine rings is 1. The molecule has 0 spiro atoms. The number of furan rings is 1. The fraction of sp³-hybridized carbons (Fsp3) is 0.467. The number of aromatic nitrogens is 1. The fourth-order valence-corrected chi connectivity index (χ4v) is 2.83. The number of likely N-dealkylation sites (tertiary alicyclic amines) is 1. The van der Waals surface area contributed by atoms with Crippen LogP contribution in [0.2, 0.25) is 0 Å². The summed E-state index contributed by atoms with van der Waals surface area (Å²) in [7, 11) is 0. The molecule has 2 aromatic rings. The van der Waals surface area contributed by atoms with Crippen LogP contribution in [0.25, 0.3) is 11.5 Å². The van der Waals surface area contributed by atoms with Crippen molar-refractivity contribution < 1.29 is 18.8 Å². The van der Waals surface area contributed by atoms with E-state index in [0.29, 0.717) is 18.1 Å². The zero-order chi connectivity index (χ0) is 14.7. The molecule has 21 heavy (non-hydrogen) atoms. The molecule has 1 N–H and O–H groups in total. The highest BCUT2D eigenvalue weighted by Crippen LogP contribution is 2.24. The minimum absolute atomic E-state index is 0.0833. The Labute approximate surface area is 122 Å². The third-order valence-corrected chi connectivity index (χ3v) is 3.85. The Balaban J connectivity index is 1.68. The average Bonchev–Trinajstić information content (AvgIpc) is 3.11. The molecular weight excluding hydrogens is 272 g/mol. The van der Waals surface area contributed by atoms with Gasteiger partial charge in [-0.15, -0.1) is 0 Å². The summed E-state index contributed by atoms with van der Waals surface area (Å²) >= 11 is 0. The van der Waals surface area contributed by atoms with E-state index in [1.165, 1.54) is 0 Å². The van der Waals surface area contributed by atoms with Crippen molar-refractivity contribution >= 4 is 5.97 Å². The van der Waals surface area contributed by atoms with Crippen LogP contribution in [0.15, 0.2) is 33.4 Å². The molecule has 3 heterocycles. The highest BCUT2D eigenvalue weighted by molar-refractivity contribution is 5.67. The lowest BCUT2D eigenvalue weighted by Gasteiger charge is -2.34.